The second kappa shape index (κ2) is 6.24. The summed E-state index contributed by atoms with van der Waals surface area (Å²) < 4.78 is 29.2. The van der Waals surface area contributed by atoms with E-state index in [9.17, 15) is 27.9 Å². The van der Waals surface area contributed by atoms with Crippen LogP contribution in [0.2, 0.25) is 0 Å². The van der Waals surface area contributed by atoms with Crippen LogP contribution in [0.15, 0.2) is 40.9 Å². The van der Waals surface area contributed by atoms with Gasteiger partial charge in [-0.1, -0.05) is 35.5 Å². The predicted molar refractivity (Wildman–Crippen MR) is 98.6 cm³/mol. The molecule has 2 fully saturated rings. The Kier molecular flexibility index (Phi) is 4.16. The Labute approximate surface area is 166 Å². The number of hydrogen-bond acceptors (Lipinski definition) is 7. The van der Waals surface area contributed by atoms with Crippen molar-refractivity contribution in [3.63, 3.8) is 0 Å². The van der Waals surface area contributed by atoms with Crippen LogP contribution in [0.5, 0.6) is 0 Å². The van der Waals surface area contributed by atoms with E-state index in [1.54, 1.807) is 30.3 Å². The molecular formula is C19H18N2O7S. The third kappa shape index (κ3) is 2.62. The van der Waals surface area contributed by atoms with Gasteiger partial charge in [0.25, 0.3) is 0 Å². The van der Waals surface area contributed by atoms with Crippen molar-refractivity contribution in [2.45, 2.75) is 36.4 Å². The predicted octanol–water partition coefficient (Wildman–Crippen LogP) is 0.893. The maximum absolute atomic E-state index is 12.9. The van der Waals surface area contributed by atoms with Gasteiger partial charge in [0.05, 0.1) is 16.4 Å². The van der Waals surface area contributed by atoms with Crippen molar-refractivity contribution in [1.29, 1.82) is 0 Å². The first-order valence-corrected chi connectivity index (χ1v) is 10.5. The molecule has 29 heavy (non-hydrogen) atoms. The lowest BCUT2D eigenvalue weighted by molar-refractivity contribution is -0.163. The van der Waals surface area contributed by atoms with E-state index in [4.69, 9.17) is 4.52 Å². The summed E-state index contributed by atoms with van der Waals surface area (Å²) in [5, 5.41) is 12.0. The van der Waals surface area contributed by atoms with Crippen LogP contribution in [0.3, 0.4) is 0 Å². The first-order chi connectivity index (χ1) is 13.6. The monoisotopic (exact) mass is 418 g/mol. The number of carboxylic acids is 1. The lowest BCUT2D eigenvalue weighted by Gasteiger charge is -2.42. The van der Waals surface area contributed by atoms with Gasteiger partial charge in [0.2, 0.25) is 17.5 Å². The lowest BCUT2D eigenvalue weighted by Crippen LogP contribution is -2.64. The molecule has 3 atom stereocenters. The van der Waals surface area contributed by atoms with E-state index in [0.29, 0.717) is 5.56 Å². The Bertz CT molecular complexity index is 1120. The van der Waals surface area contributed by atoms with Gasteiger partial charge in [0.1, 0.15) is 11.4 Å². The van der Waals surface area contributed by atoms with Crippen LogP contribution in [-0.2, 0) is 25.8 Å². The SMILES string of the molecule is CC1(C)[C@H](C(=O)O)N2C(=O)[C@@H](Cc3cc(C(=O)c4ccccc4)on3)[C@H]2S1(=O)=O. The Morgan fingerprint density at radius 2 is 1.90 bits per heavy atom. The third-order valence-corrected chi connectivity index (χ3v) is 8.54. The molecule has 0 bridgehead atoms. The van der Waals surface area contributed by atoms with Gasteiger partial charge >= 0.3 is 5.97 Å². The van der Waals surface area contributed by atoms with Crippen molar-refractivity contribution >= 4 is 27.5 Å². The van der Waals surface area contributed by atoms with Crippen LogP contribution in [0.4, 0.5) is 0 Å². The minimum Gasteiger partial charge on any atom is -0.480 e. The van der Waals surface area contributed by atoms with Crippen molar-refractivity contribution < 1.29 is 32.4 Å². The minimum atomic E-state index is -3.92. The zero-order valence-corrected chi connectivity index (χ0v) is 16.4. The molecule has 1 N–H and O–H groups in total. The summed E-state index contributed by atoms with van der Waals surface area (Å²) in [6, 6.07) is 8.37. The number of carbonyl (C=O) groups is 3. The molecule has 1 aromatic carbocycles. The summed E-state index contributed by atoms with van der Waals surface area (Å²) in [7, 11) is -3.92. The first-order valence-electron chi connectivity index (χ1n) is 8.91. The van der Waals surface area contributed by atoms with Crippen LogP contribution in [0.25, 0.3) is 0 Å². The molecule has 2 aliphatic rings. The third-order valence-electron chi connectivity index (χ3n) is 5.66. The van der Waals surface area contributed by atoms with Gasteiger partial charge < -0.3 is 14.5 Å². The van der Waals surface area contributed by atoms with E-state index >= 15 is 0 Å². The molecule has 0 spiro atoms. The van der Waals surface area contributed by atoms with Crippen LogP contribution >= 0.6 is 0 Å². The molecule has 1 aromatic heterocycles. The molecule has 1 amide bonds. The van der Waals surface area contributed by atoms with E-state index in [1.807, 2.05) is 0 Å². The molecule has 4 rings (SSSR count). The molecule has 2 saturated heterocycles. The first kappa shape index (κ1) is 19.3. The summed E-state index contributed by atoms with van der Waals surface area (Å²) in [6.45, 7) is 2.63. The van der Waals surface area contributed by atoms with Crippen LogP contribution in [-0.4, -0.2) is 57.4 Å². The molecule has 0 aliphatic carbocycles. The molecule has 152 valence electrons. The van der Waals surface area contributed by atoms with Gasteiger partial charge in [-0.25, -0.2) is 13.2 Å². The second-order valence-electron chi connectivity index (χ2n) is 7.71. The molecular weight excluding hydrogens is 400 g/mol. The topological polar surface area (TPSA) is 135 Å². The highest BCUT2D eigenvalue weighted by atomic mass is 32.2. The fourth-order valence-corrected chi connectivity index (χ4v) is 6.39. The maximum Gasteiger partial charge on any atom is 0.328 e. The highest BCUT2D eigenvalue weighted by molar-refractivity contribution is 7.93. The van der Waals surface area contributed by atoms with E-state index in [-0.39, 0.29) is 23.7 Å². The van der Waals surface area contributed by atoms with Crippen LogP contribution in [0.1, 0.15) is 35.7 Å². The van der Waals surface area contributed by atoms with E-state index < -0.39 is 43.8 Å². The zero-order valence-electron chi connectivity index (χ0n) is 15.6. The number of ketones is 1. The summed E-state index contributed by atoms with van der Waals surface area (Å²) in [5.41, 5.74) is 0.666. The maximum atomic E-state index is 12.9. The fourth-order valence-electron chi connectivity index (χ4n) is 4.07. The van der Waals surface area contributed by atoms with Gasteiger partial charge in [-0.05, 0) is 13.8 Å². The Balaban J connectivity index is 1.58. The number of carbonyl (C=O) groups excluding carboxylic acids is 2. The number of sulfone groups is 1. The van der Waals surface area contributed by atoms with Crippen molar-refractivity contribution in [3.05, 3.63) is 53.4 Å². The number of rotatable bonds is 5. The van der Waals surface area contributed by atoms with Gasteiger partial charge in [0.15, 0.2) is 9.84 Å². The highest BCUT2D eigenvalue weighted by Crippen LogP contribution is 2.49. The smallest absolute Gasteiger partial charge is 0.328 e. The number of nitrogens with zero attached hydrogens (tertiary/aromatic N) is 2. The van der Waals surface area contributed by atoms with Crippen molar-refractivity contribution in [2.75, 3.05) is 0 Å². The highest BCUT2D eigenvalue weighted by Gasteiger charge is 2.71. The van der Waals surface area contributed by atoms with Crippen molar-refractivity contribution in [3.8, 4) is 0 Å². The molecule has 3 heterocycles. The number of aromatic nitrogens is 1. The molecule has 0 saturated carbocycles. The number of amides is 1. The normalized spacial score (nSPS) is 26.6. The van der Waals surface area contributed by atoms with E-state index in [0.717, 1.165) is 4.90 Å². The van der Waals surface area contributed by atoms with Crippen molar-refractivity contribution in [1.82, 2.24) is 10.1 Å². The number of aliphatic carboxylic acids is 1. The standard InChI is InChI=1S/C19H18N2O7S/c1-19(2)15(18(24)25)21-16(23)12(17(21)29(19,26)27)8-11-9-13(28-20-11)14(22)10-6-4-3-5-7-10/h3-7,9,12,15,17H,8H2,1-2H3,(H,24,25)/t12-,15+,17-/m1/s1. The van der Waals surface area contributed by atoms with Crippen LogP contribution < -0.4 is 0 Å². The largest absolute Gasteiger partial charge is 0.480 e. The zero-order chi connectivity index (χ0) is 21.1. The number of β-lactam (4-membered cyclic amide) rings is 1. The van der Waals surface area contributed by atoms with Gasteiger partial charge in [-0.15, -0.1) is 0 Å². The summed E-state index contributed by atoms with van der Waals surface area (Å²) in [4.78, 5) is 37.5. The molecule has 2 aliphatic heterocycles. The molecule has 0 radical (unpaired) electrons. The molecule has 0 unspecified atom stereocenters. The second-order valence-corrected chi connectivity index (χ2v) is 10.3. The van der Waals surface area contributed by atoms with Crippen LogP contribution in [0, 0.1) is 5.92 Å². The van der Waals surface area contributed by atoms with Gasteiger partial charge in [0, 0.05) is 18.1 Å². The van der Waals surface area contributed by atoms with Gasteiger partial charge in [-0.3, -0.25) is 9.59 Å². The Hall–Kier alpha value is -3.01. The fraction of sp³-hybridized carbons (Fsp3) is 0.368. The Morgan fingerprint density at radius 3 is 2.52 bits per heavy atom. The Morgan fingerprint density at radius 1 is 1.24 bits per heavy atom. The number of fused-ring (bicyclic) bond motifs is 1. The molecule has 10 heteroatoms. The summed E-state index contributed by atoms with van der Waals surface area (Å²) in [5.74, 6) is -3.28. The number of benzene rings is 1. The average Bonchev–Trinajstić information content (AvgIpc) is 3.19. The van der Waals surface area contributed by atoms with Crippen molar-refractivity contribution in [2.24, 2.45) is 5.92 Å². The molecule has 9 nitrogen and oxygen atoms in total. The number of hydrogen-bond donors (Lipinski definition) is 1. The van der Waals surface area contributed by atoms with Gasteiger partial charge in [-0.2, -0.15) is 0 Å². The summed E-state index contributed by atoms with van der Waals surface area (Å²) in [6.07, 6.45) is -0.0623. The summed E-state index contributed by atoms with van der Waals surface area (Å²) >= 11 is 0. The quantitative estimate of drug-likeness (QED) is 0.559. The molecule has 2 aromatic rings. The number of carboxylic acid groups (broad SMARTS) is 1. The van der Waals surface area contributed by atoms with E-state index in [2.05, 4.69) is 5.16 Å². The average molecular weight is 418 g/mol. The van der Waals surface area contributed by atoms with E-state index in [1.165, 1.54) is 19.9 Å². The lowest BCUT2D eigenvalue weighted by atomic mass is 9.88. The minimum absolute atomic E-state index is 0.0205.